The number of piperidine rings is 1. The van der Waals surface area contributed by atoms with Gasteiger partial charge >= 0.3 is 12.0 Å². The molecule has 2 atom stereocenters. The molecule has 120 valence electrons. The first kappa shape index (κ1) is 16.3. The van der Waals surface area contributed by atoms with Crippen molar-refractivity contribution in [3.05, 3.63) is 35.9 Å². The van der Waals surface area contributed by atoms with Crippen LogP contribution < -0.4 is 5.32 Å². The number of carbonyl (C=O) groups excluding carboxylic acids is 2. The SMILES string of the molecule is COC(=O)[C@@H](Cc1ccccc1)NC(=O)N1CCCCC1C. The molecule has 1 aliphatic rings. The van der Waals surface area contributed by atoms with E-state index in [0.29, 0.717) is 6.42 Å². The molecule has 1 heterocycles. The molecule has 5 heteroatoms. The summed E-state index contributed by atoms with van der Waals surface area (Å²) in [6.45, 7) is 2.79. The monoisotopic (exact) mass is 304 g/mol. The zero-order valence-electron chi connectivity index (χ0n) is 13.2. The van der Waals surface area contributed by atoms with E-state index in [1.807, 2.05) is 42.2 Å². The fraction of sp³-hybridized carbons (Fsp3) is 0.529. The summed E-state index contributed by atoms with van der Waals surface area (Å²) < 4.78 is 4.83. The van der Waals surface area contributed by atoms with Crippen molar-refractivity contribution in [2.75, 3.05) is 13.7 Å². The van der Waals surface area contributed by atoms with E-state index in [2.05, 4.69) is 5.32 Å². The first-order valence-corrected chi connectivity index (χ1v) is 7.80. The van der Waals surface area contributed by atoms with Crippen molar-refractivity contribution in [3.8, 4) is 0 Å². The van der Waals surface area contributed by atoms with Crippen molar-refractivity contribution in [2.45, 2.75) is 44.7 Å². The molecule has 1 aliphatic heterocycles. The lowest BCUT2D eigenvalue weighted by Crippen LogP contribution is -2.53. The molecule has 22 heavy (non-hydrogen) atoms. The fourth-order valence-electron chi connectivity index (χ4n) is 2.82. The van der Waals surface area contributed by atoms with Gasteiger partial charge in [0.15, 0.2) is 0 Å². The van der Waals surface area contributed by atoms with Crippen molar-refractivity contribution in [1.82, 2.24) is 10.2 Å². The number of hydrogen-bond donors (Lipinski definition) is 1. The number of likely N-dealkylation sites (tertiary alicyclic amines) is 1. The number of methoxy groups -OCH3 is 1. The van der Waals surface area contributed by atoms with E-state index in [-0.39, 0.29) is 12.1 Å². The highest BCUT2D eigenvalue weighted by atomic mass is 16.5. The van der Waals surface area contributed by atoms with Crippen molar-refractivity contribution in [2.24, 2.45) is 0 Å². The summed E-state index contributed by atoms with van der Waals surface area (Å²) in [6, 6.07) is 8.99. The van der Waals surface area contributed by atoms with Crippen LogP contribution in [0, 0.1) is 0 Å². The number of hydrogen-bond acceptors (Lipinski definition) is 3. The summed E-state index contributed by atoms with van der Waals surface area (Å²) in [5.74, 6) is -0.415. The molecule has 5 nitrogen and oxygen atoms in total. The lowest BCUT2D eigenvalue weighted by atomic mass is 10.0. The van der Waals surface area contributed by atoms with Gasteiger partial charge in [-0.25, -0.2) is 9.59 Å². The van der Waals surface area contributed by atoms with Crippen molar-refractivity contribution in [3.63, 3.8) is 0 Å². The molecule has 1 saturated heterocycles. The molecular weight excluding hydrogens is 280 g/mol. The maximum absolute atomic E-state index is 12.4. The number of amides is 2. The molecule has 0 spiro atoms. The fourth-order valence-corrected chi connectivity index (χ4v) is 2.82. The average Bonchev–Trinajstić information content (AvgIpc) is 2.54. The van der Waals surface area contributed by atoms with Crippen LogP contribution in [0.1, 0.15) is 31.7 Å². The maximum atomic E-state index is 12.4. The third kappa shape index (κ3) is 4.23. The zero-order valence-corrected chi connectivity index (χ0v) is 13.2. The number of ether oxygens (including phenoxy) is 1. The Bertz CT molecular complexity index is 504. The molecule has 0 aromatic heterocycles. The first-order valence-electron chi connectivity index (χ1n) is 7.80. The van der Waals surface area contributed by atoms with E-state index in [0.717, 1.165) is 31.4 Å². The lowest BCUT2D eigenvalue weighted by Gasteiger charge is -2.34. The molecule has 1 fully saturated rings. The molecule has 2 rings (SSSR count). The molecule has 1 aromatic carbocycles. The molecule has 1 N–H and O–H groups in total. The van der Waals surface area contributed by atoms with E-state index in [1.54, 1.807) is 0 Å². The minimum absolute atomic E-state index is 0.182. The van der Waals surface area contributed by atoms with Crippen LogP contribution >= 0.6 is 0 Å². The lowest BCUT2D eigenvalue weighted by molar-refractivity contribution is -0.142. The summed E-state index contributed by atoms with van der Waals surface area (Å²) in [6.07, 6.45) is 3.60. The topological polar surface area (TPSA) is 58.6 Å². The van der Waals surface area contributed by atoms with Crippen LogP contribution in [0.3, 0.4) is 0 Å². The van der Waals surface area contributed by atoms with Gasteiger partial charge in [0.2, 0.25) is 0 Å². The minimum Gasteiger partial charge on any atom is -0.467 e. The molecule has 0 aliphatic carbocycles. The molecule has 1 aromatic rings. The van der Waals surface area contributed by atoms with Gasteiger partial charge in [0, 0.05) is 19.0 Å². The molecule has 0 bridgehead atoms. The number of carbonyl (C=O) groups is 2. The van der Waals surface area contributed by atoms with Crippen LogP contribution in [-0.4, -0.2) is 42.6 Å². The Hall–Kier alpha value is -2.04. The maximum Gasteiger partial charge on any atom is 0.328 e. The predicted octanol–water partition coefficient (Wildman–Crippen LogP) is 2.35. The number of rotatable bonds is 4. The summed E-state index contributed by atoms with van der Waals surface area (Å²) in [5, 5.41) is 2.83. The number of nitrogens with zero attached hydrogens (tertiary/aromatic N) is 1. The first-order chi connectivity index (χ1) is 10.6. The normalized spacial score (nSPS) is 19.4. The third-order valence-electron chi connectivity index (χ3n) is 4.13. The quantitative estimate of drug-likeness (QED) is 0.869. The Morgan fingerprint density at radius 1 is 1.32 bits per heavy atom. The van der Waals surface area contributed by atoms with Gasteiger partial charge in [0.25, 0.3) is 0 Å². The van der Waals surface area contributed by atoms with Crippen LogP contribution in [0.25, 0.3) is 0 Å². The van der Waals surface area contributed by atoms with Crippen molar-refractivity contribution >= 4 is 12.0 Å². The van der Waals surface area contributed by atoms with Crippen LogP contribution in [0.5, 0.6) is 0 Å². The standard InChI is InChI=1S/C17H24N2O3/c1-13-8-6-7-11-19(13)17(21)18-15(16(20)22-2)12-14-9-4-3-5-10-14/h3-5,9-10,13,15H,6-8,11-12H2,1-2H3,(H,18,21)/t13?,15-/m1/s1. The highest BCUT2D eigenvalue weighted by Gasteiger charge is 2.28. The van der Waals surface area contributed by atoms with Crippen LogP contribution in [0.15, 0.2) is 30.3 Å². The minimum atomic E-state index is -0.658. The van der Waals surface area contributed by atoms with E-state index < -0.39 is 12.0 Å². The van der Waals surface area contributed by atoms with Gasteiger partial charge in [0.1, 0.15) is 6.04 Å². The van der Waals surface area contributed by atoms with Gasteiger partial charge < -0.3 is 15.0 Å². The van der Waals surface area contributed by atoms with Crippen LogP contribution in [0.2, 0.25) is 0 Å². The van der Waals surface area contributed by atoms with Gasteiger partial charge in [-0.15, -0.1) is 0 Å². The van der Waals surface area contributed by atoms with E-state index in [9.17, 15) is 9.59 Å². The number of nitrogens with one attached hydrogen (secondary N) is 1. The molecule has 0 radical (unpaired) electrons. The summed E-state index contributed by atoms with van der Waals surface area (Å²) in [5.41, 5.74) is 0.991. The number of urea groups is 1. The smallest absolute Gasteiger partial charge is 0.328 e. The second-order valence-electron chi connectivity index (χ2n) is 5.75. The molecule has 1 unspecified atom stereocenters. The average molecular weight is 304 g/mol. The highest BCUT2D eigenvalue weighted by molar-refractivity contribution is 5.84. The largest absolute Gasteiger partial charge is 0.467 e. The van der Waals surface area contributed by atoms with Crippen molar-refractivity contribution in [1.29, 1.82) is 0 Å². The zero-order chi connectivity index (χ0) is 15.9. The summed E-state index contributed by atoms with van der Waals surface area (Å²) >= 11 is 0. The number of esters is 1. The second-order valence-corrected chi connectivity index (χ2v) is 5.75. The molecule has 0 saturated carbocycles. The van der Waals surface area contributed by atoms with Gasteiger partial charge in [-0.05, 0) is 31.7 Å². The van der Waals surface area contributed by atoms with Crippen LogP contribution in [0.4, 0.5) is 4.79 Å². The van der Waals surface area contributed by atoms with Crippen molar-refractivity contribution < 1.29 is 14.3 Å². The Kier molecular flexibility index (Phi) is 5.81. The second kappa shape index (κ2) is 7.82. The van der Waals surface area contributed by atoms with E-state index in [1.165, 1.54) is 7.11 Å². The molecule has 2 amide bonds. The highest BCUT2D eigenvalue weighted by Crippen LogP contribution is 2.16. The predicted molar refractivity (Wildman–Crippen MR) is 84.5 cm³/mol. The van der Waals surface area contributed by atoms with Gasteiger partial charge in [0.05, 0.1) is 7.11 Å². The van der Waals surface area contributed by atoms with E-state index in [4.69, 9.17) is 4.74 Å². The Labute approximate surface area is 131 Å². The Morgan fingerprint density at radius 2 is 2.05 bits per heavy atom. The van der Waals surface area contributed by atoms with Gasteiger partial charge in [-0.1, -0.05) is 30.3 Å². The summed E-state index contributed by atoms with van der Waals surface area (Å²) in [4.78, 5) is 26.2. The molecular formula is C17H24N2O3. The van der Waals surface area contributed by atoms with E-state index >= 15 is 0 Å². The van der Waals surface area contributed by atoms with Gasteiger partial charge in [-0.3, -0.25) is 0 Å². The Morgan fingerprint density at radius 3 is 2.68 bits per heavy atom. The van der Waals surface area contributed by atoms with Crippen LogP contribution in [-0.2, 0) is 16.0 Å². The third-order valence-corrected chi connectivity index (χ3v) is 4.13. The Balaban J connectivity index is 2.03. The van der Waals surface area contributed by atoms with Gasteiger partial charge in [-0.2, -0.15) is 0 Å². The summed E-state index contributed by atoms with van der Waals surface area (Å²) in [7, 11) is 1.34. The number of benzene rings is 1.